The normalized spacial score (nSPS) is 12.6. The molecule has 0 spiro atoms. The molecule has 8 nitrogen and oxygen atoms in total. The molecule has 1 saturated carbocycles. The number of rotatable bonds is 11. The molecule has 0 aliphatic heterocycles. The second kappa shape index (κ2) is 11.9. The summed E-state index contributed by atoms with van der Waals surface area (Å²) >= 11 is 0. The highest BCUT2D eigenvalue weighted by atomic mass is 16.6. The molecular weight excluding hydrogens is 496 g/mol. The first-order valence-electron chi connectivity index (χ1n) is 13.0. The molecule has 0 unspecified atom stereocenters. The third-order valence-electron chi connectivity index (χ3n) is 6.51. The quantitative estimate of drug-likeness (QED) is 0.247. The number of hydrogen-bond donors (Lipinski definition) is 1. The molecule has 0 radical (unpaired) electrons. The number of carbonyl (C=O) groups is 2. The molecule has 1 aliphatic carbocycles. The van der Waals surface area contributed by atoms with Crippen LogP contribution in [0.5, 0.6) is 11.5 Å². The number of amides is 1. The van der Waals surface area contributed by atoms with Crippen molar-refractivity contribution in [1.29, 1.82) is 0 Å². The molecule has 1 heterocycles. The van der Waals surface area contributed by atoms with Gasteiger partial charge in [-0.25, -0.2) is 9.78 Å². The zero-order valence-electron chi connectivity index (χ0n) is 21.7. The van der Waals surface area contributed by atoms with Gasteiger partial charge in [0.1, 0.15) is 23.8 Å². The maximum absolute atomic E-state index is 12.8. The zero-order valence-corrected chi connectivity index (χ0v) is 21.7. The van der Waals surface area contributed by atoms with E-state index in [0.29, 0.717) is 36.3 Å². The van der Waals surface area contributed by atoms with Gasteiger partial charge in [0.2, 0.25) is 5.89 Å². The molecule has 1 amide bonds. The summed E-state index contributed by atoms with van der Waals surface area (Å²) in [5.74, 6) is 1.79. The van der Waals surface area contributed by atoms with Crippen LogP contribution in [0.15, 0.2) is 83.3 Å². The van der Waals surface area contributed by atoms with E-state index in [9.17, 15) is 14.7 Å². The number of carboxylic acid groups (broad SMARTS) is 1. The fourth-order valence-corrected chi connectivity index (χ4v) is 4.32. The van der Waals surface area contributed by atoms with Crippen LogP contribution in [0.1, 0.15) is 41.3 Å². The zero-order chi connectivity index (χ0) is 27.2. The van der Waals surface area contributed by atoms with E-state index in [1.54, 1.807) is 24.3 Å². The first-order chi connectivity index (χ1) is 18.9. The van der Waals surface area contributed by atoms with Crippen LogP contribution in [0.25, 0.3) is 11.5 Å². The van der Waals surface area contributed by atoms with Crippen molar-refractivity contribution in [3.05, 3.63) is 101 Å². The number of oxazole rings is 1. The summed E-state index contributed by atoms with van der Waals surface area (Å²) in [4.78, 5) is 30.0. The van der Waals surface area contributed by atoms with E-state index in [-0.39, 0.29) is 6.54 Å². The second-order valence-electron chi connectivity index (χ2n) is 9.59. The number of aromatic nitrogens is 1. The van der Waals surface area contributed by atoms with Crippen molar-refractivity contribution in [3.8, 4) is 23.0 Å². The van der Waals surface area contributed by atoms with E-state index in [1.807, 2.05) is 61.5 Å². The van der Waals surface area contributed by atoms with Crippen LogP contribution in [0, 0.1) is 6.92 Å². The van der Waals surface area contributed by atoms with Gasteiger partial charge >= 0.3 is 12.1 Å². The minimum absolute atomic E-state index is 0.0608. The van der Waals surface area contributed by atoms with Gasteiger partial charge in [0.15, 0.2) is 0 Å². The highest BCUT2D eigenvalue weighted by Gasteiger charge is 2.24. The molecule has 1 N–H and O–H groups in total. The van der Waals surface area contributed by atoms with Crippen LogP contribution in [-0.4, -0.2) is 40.2 Å². The van der Waals surface area contributed by atoms with Gasteiger partial charge in [0.25, 0.3) is 0 Å². The van der Waals surface area contributed by atoms with Crippen molar-refractivity contribution in [1.82, 2.24) is 9.88 Å². The third kappa shape index (κ3) is 7.04. The minimum atomic E-state index is -1.12. The number of carboxylic acids is 1. The van der Waals surface area contributed by atoms with Crippen LogP contribution in [0.3, 0.4) is 0 Å². The lowest BCUT2D eigenvalue weighted by molar-refractivity contribution is -0.138. The molecule has 39 heavy (non-hydrogen) atoms. The second-order valence-corrected chi connectivity index (χ2v) is 9.59. The Morgan fingerprint density at radius 3 is 2.49 bits per heavy atom. The van der Waals surface area contributed by atoms with E-state index in [4.69, 9.17) is 13.9 Å². The van der Waals surface area contributed by atoms with Gasteiger partial charge in [-0.3, -0.25) is 9.69 Å². The summed E-state index contributed by atoms with van der Waals surface area (Å²) in [6.45, 7) is 1.83. The van der Waals surface area contributed by atoms with Gasteiger partial charge in [0.05, 0.1) is 12.3 Å². The lowest BCUT2D eigenvalue weighted by atomic mass is 10.1. The average molecular weight is 527 g/mol. The number of carbonyl (C=O) groups excluding carboxylic acids is 1. The highest BCUT2D eigenvalue weighted by molar-refractivity contribution is 5.78. The van der Waals surface area contributed by atoms with E-state index < -0.39 is 18.6 Å². The number of benzene rings is 3. The summed E-state index contributed by atoms with van der Waals surface area (Å²) in [6.07, 6.45) is 2.20. The number of nitrogens with zero attached hydrogens (tertiary/aromatic N) is 2. The van der Waals surface area contributed by atoms with Crippen LogP contribution in [0.2, 0.25) is 0 Å². The molecule has 4 aromatic rings. The molecule has 1 aromatic heterocycles. The Balaban J connectivity index is 1.18. The van der Waals surface area contributed by atoms with Crippen molar-refractivity contribution in [2.45, 2.75) is 38.6 Å². The largest absolute Gasteiger partial charge is 0.493 e. The standard InChI is InChI=1S/C31H30N2O6/c1-21-28(32-30(38-21)25-7-3-2-4-8-25)16-17-37-27-9-5-6-22(18-27)19-33(20-29(34)35)31(36)39-26-14-12-24(13-15-26)23-10-11-23/h2-9,12-15,18,23H,10-11,16-17,19-20H2,1H3,(H,34,35). The monoisotopic (exact) mass is 526 g/mol. The van der Waals surface area contributed by atoms with Gasteiger partial charge < -0.3 is 19.0 Å². The summed E-state index contributed by atoms with van der Waals surface area (Å²) < 4.78 is 17.2. The van der Waals surface area contributed by atoms with Crippen molar-refractivity contribution < 1.29 is 28.6 Å². The van der Waals surface area contributed by atoms with Gasteiger partial charge in [-0.15, -0.1) is 0 Å². The number of aryl methyl sites for hydroxylation is 1. The number of ether oxygens (including phenoxy) is 2. The first-order valence-corrected chi connectivity index (χ1v) is 13.0. The van der Waals surface area contributed by atoms with Crippen LogP contribution in [-0.2, 0) is 17.8 Å². The van der Waals surface area contributed by atoms with Crippen molar-refractivity contribution in [2.75, 3.05) is 13.2 Å². The van der Waals surface area contributed by atoms with Crippen molar-refractivity contribution in [3.63, 3.8) is 0 Å². The summed E-state index contributed by atoms with van der Waals surface area (Å²) in [5.41, 5.74) is 3.69. The number of aliphatic carboxylic acids is 1. The fraction of sp³-hybridized carbons (Fsp3) is 0.258. The Kier molecular flexibility index (Phi) is 7.91. The van der Waals surface area contributed by atoms with E-state index >= 15 is 0 Å². The van der Waals surface area contributed by atoms with Gasteiger partial charge in [-0.2, -0.15) is 0 Å². The van der Waals surface area contributed by atoms with Crippen molar-refractivity contribution in [2.24, 2.45) is 0 Å². The lowest BCUT2D eigenvalue weighted by Crippen LogP contribution is -2.37. The predicted molar refractivity (Wildman–Crippen MR) is 145 cm³/mol. The third-order valence-corrected chi connectivity index (χ3v) is 6.51. The topological polar surface area (TPSA) is 102 Å². The van der Waals surface area contributed by atoms with Crippen LogP contribution < -0.4 is 9.47 Å². The predicted octanol–water partition coefficient (Wildman–Crippen LogP) is 6.23. The van der Waals surface area contributed by atoms with Gasteiger partial charge in [0, 0.05) is 18.5 Å². The maximum Gasteiger partial charge on any atom is 0.416 e. The maximum atomic E-state index is 12.8. The highest BCUT2D eigenvalue weighted by Crippen LogP contribution is 2.40. The first kappa shape index (κ1) is 26.0. The molecule has 8 heteroatoms. The number of hydrogen-bond acceptors (Lipinski definition) is 6. The molecular formula is C31H30N2O6. The SMILES string of the molecule is Cc1oc(-c2ccccc2)nc1CCOc1cccc(CN(CC(=O)O)C(=O)Oc2ccc(C3CC3)cc2)c1. The molecule has 1 aliphatic rings. The Morgan fingerprint density at radius 1 is 1.00 bits per heavy atom. The van der Waals surface area contributed by atoms with E-state index in [1.165, 1.54) is 18.4 Å². The lowest BCUT2D eigenvalue weighted by Gasteiger charge is -2.20. The van der Waals surface area contributed by atoms with E-state index in [0.717, 1.165) is 27.5 Å². The molecule has 1 fully saturated rings. The Morgan fingerprint density at radius 2 is 1.77 bits per heavy atom. The smallest absolute Gasteiger partial charge is 0.416 e. The van der Waals surface area contributed by atoms with Crippen LogP contribution >= 0.6 is 0 Å². The Bertz CT molecular complexity index is 1430. The van der Waals surface area contributed by atoms with Crippen molar-refractivity contribution >= 4 is 12.1 Å². The molecule has 3 aromatic carbocycles. The molecule has 0 bridgehead atoms. The summed E-state index contributed by atoms with van der Waals surface area (Å²) in [5, 5.41) is 9.37. The Hall–Kier alpha value is -4.59. The van der Waals surface area contributed by atoms with Gasteiger partial charge in [-0.05, 0) is 73.2 Å². The average Bonchev–Trinajstić information content (AvgIpc) is 3.72. The minimum Gasteiger partial charge on any atom is -0.493 e. The fourth-order valence-electron chi connectivity index (χ4n) is 4.32. The molecule has 0 atom stereocenters. The Labute approximate surface area is 226 Å². The molecule has 0 saturated heterocycles. The van der Waals surface area contributed by atoms with E-state index in [2.05, 4.69) is 4.98 Å². The summed E-state index contributed by atoms with van der Waals surface area (Å²) in [6, 6.07) is 24.3. The van der Waals surface area contributed by atoms with Gasteiger partial charge in [-0.1, -0.05) is 42.5 Å². The van der Waals surface area contributed by atoms with Crippen LogP contribution in [0.4, 0.5) is 4.79 Å². The molecule has 5 rings (SSSR count). The summed E-state index contributed by atoms with van der Waals surface area (Å²) in [7, 11) is 0. The molecule has 200 valence electrons.